The lowest BCUT2D eigenvalue weighted by molar-refractivity contribution is -0.199. The van der Waals surface area contributed by atoms with Crippen molar-refractivity contribution in [3.05, 3.63) is 42.5 Å². The van der Waals surface area contributed by atoms with Gasteiger partial charge >= 0.3 is 12.1 Å². The van der Waals surface area contributed by atoms with Gasteiger partial charge in [0.25, 0.3) is 0 Å². The number of carbonyl (C=O) groups is 2. The number of anilines is 1. The molecule has 4 heterocycles. The molecule has 0 bridgehead atoms. The van der Waals surface area contributed by atoms with Gasteiger partial charge in [-0.05, 0) is 38.5 Å². The van der Waals surface area contributed by atoms with Crippen LogP contribution >= 0.6 is 0 Å². The van der Waals surface area contributed by atoms with E-state index in [-0.39, 0.29) is 19.8 Å². The predicted molar refractivity (Wildman–Crippen MR) is 139 cm³/mol. The minimum atomic E-state index is -0.877. The van der Waals surface area contributed by atoms with Crippen molar-refractivity contribution >= 4 is 29.0 Å². The number of methoxy groups -OCH3 is 1. The van der Waals surface area contributed by atoms with Crippen LogP contribution in [0.1, 0.15) is 32.6 Å². The van der Waals surface area contributed by atoms with E-state index in [2.05, 4.69) is 25.6 Å². The van der Waals surface area contributed by atoms with Crippen LogP contribution in [0.4, 0.5) is 10.6 Å². The zero-order chi connectivity index (χ0) is 28.3. The topological polar surface area (TPSA) is 157 Å². The monoisotopic (exact) mass is 556 g/mol. The first kappa shape index (κ1) is 27.6. The molecule has 3 aromatic rings. The molecule has 0 spiro atoms. The lowest BCUT2D eigenvalue weighted by atomic mass is 10.1. The van der Waals surface area contributed by atoms with Crippen molar-refractivity contribution in [2.24, 2.45) is 0 Å². The molecule has 0 aliphatic carbocycles. The lowest BCUT2D eigenvalue weighted by Gasteiger charge is -2.24. The van der Waals surface area contributed by atoms with Gasteiger partial charge in [0.15, 0.2) is 29.0 Å². The van der Waals surface area contributed by atoms with Crippen molar-refractivity contribution < 1.29 is 38.0 Å². The van der Waals surface area contributed by atoms with Crippen LogP contribution in [0.5, 0.6) is 5.75 Å². The first-order valence-electron chi connectivity index (χ1n) is 12.9. The SMILES string of the molecule is CCOC(=O)CNC(=O)OC[C@H]1O[C@@H](n2cnc3c(NCc4ccc(OC)cc4)ncnc32)C2OC(C)(C)O[C@H]21. The van der Waals surface area contributed by atoms with E-state index in [1.165, 1.54) is 6.33 Å². The third kappa shape index (κ3) is 5.93. The Kier molecular flexibility index (Phi) is 8.00. The number of esters is 1. The van der Waals surface area contributed by atoms with Gasteiger partial charge in [-0.25, -0.2) is 19.7 Å². The molecule has 2 fully saturated rings. The van der Waals surface area contributed by atoms with E-state index in [0.29, 0.717) is 23.5 Å². The summed E-state index contributed by atoms with van der Waals surface area (Å²) in [7, 11) is 1.63. The van der Waals surface area contributed by atoms with Gasteiger partial charge in [-0.1, -0.05) is 12.1 Å². The van der Waals surface area contributed by atoms with E-state index < -0.39 is 42.4 Å². The Hall–Kier alpha value is -4.01. The van der Waals surface area contributed by atoms with Gasteiger partial charge < -0.3 is 39.1 Å². The van der Waals surface area contributed by atoms with Crippen LogP contribution in [0.3, 0.4) is 0 Å². The summed E-state index contributed by atoms with van der Waals surface area (Å²) in [6.07, 6.45) is -0.0474. The van der Waals surface area contributed by atoms with Crippen LogP contribution in [0.25, 0.3) is 11.2 Å². The number of imidazole rings is 1. The number of ether oxygens (including phenoxy) is 6. The van der Waals surface area contributed by atoms with Crippen LogP contribution in [0.2, 0.25) is 0 Å². The molecular weight excluding hydrogens is 524 g/mol. The maximum Gasteiger partial charge on any atom is 0.407 e. The Balaban J connectivity index is 1.29. The number of fused-ring (bicyclic) bond motifs is 2. The highest BCUT2D eigenvalue weighted by atomic mass is 16.8. The zero-order valence-corrected chi connectivity index (χ0v) is 22.7. The van der Waals surface area contributed by atoms with Crippen molar-refractivity contribution in [3.8, 4) is 5.75 Å². The largest absolute Gasteiger partial charge is 0.497 e. The van der Waals surface area contributed by atoms with E-state index in [1.807, 2.05) is 38.1 Å². The van der Waals surface area contributed by atoms with Crippen molar-refractivity contribution in [3.63, 3.8) is 0 Å². The molecule has 2 saturated heterocycles. The van der Waals surface area contributed by atoms with E-state index in [4.69, 9.17) is 28.4 Å². The van der Waals surface area contributed by atoms with Gasteiger partial charge in [-0.15, -0.1) is 0 Å². The Morgan fingerprint density at radius 2 is 1.85 bits per heavy atom. The maximum absolute atomic E-state index is 12.1. The number of rotatable bonds is 10. The van der Waals surface area contributed by atoms with Gasteiger partial charge in [0.2, 0.25) is 0 Å². The molecule has 0 saturated carbocycles. The molecular formula is C26H32N6O8. The molecule has 0 radical (unpaired) electrons. The van der Waals surface area contributed by atoms with Crippen LogP contribution in [-0.2, 0) is 35.0 Å². The van der Waals surface area contributed by atoms with Gasteiger partial charge in [-0.3, -0.25) is 9.36 Å². The standard InChI is InChI=1S/C26H32N6O8/c1-5-36-18(33)11-28-25(34)37-12-17-20-21(40-26(2,3)39-20)24(38-17)32-14-31-19-22(29-13-30-23(19)32)27-10-15-6-8-16(35-4)9-7-15/h6-9,13-14,17,20-21,24H,5,10-12H2,1-4H3,(H,28,34)(H,27,29,30)/t17-,20+,21?,24-/m1/s1. The number of benzene rings is 1. The molecule has 1 aromatic carbocycles. The number of nitrogens with zero attached hydrogens (tertiary/aromatic N) is 4. The van der Waals surface area contributed by atoms with E-state index >= 15 is 0 Å². The second-order valence-electron chi connectivity index (χ2n) is 9.63. The van der Waals surface area contributed by atoms with Gasteiger partial charge in [0.1, 0.15) is 43.5 Å². The van der Waals surface area contributed by atoms with E-state index in [0.717, 1.165) is 11.3 Å². The molecule has 40 heavy (non-hydrogen) atoms. The fourth-order valence-electron chi connectivity index (χ4n) is 4.68. The average molecular weight is 557 g/mol. The first-order valence-corrected chi connectivity index (χ1v) is 12.9. The van der Waals surface area contributed by atoms with Gasteiger partial charge in [0.05, 0.1) is 20.0 Å². The lowest BCUT2D eigenvalue weighted by Crippen LogP contribution is -2.37. The summed E-state index contributed by atoms with van der Waals surface area (Å²) in [5.74, 6) is -0.0869. The van der Waals surface area contributed by atoms with Crippen LogP contribution in [0, 0.1) is 0 Å². The van der Waals surface area contributed by atoms with E-state index in [1.54, 1.807) is 24.9 Å². The van der Waals surface area contributed by atoms with Gasteiger partial charge in [0, 0.05) is 6.54 Å². The third-order valence-corrected chi connectivity index (χ3v) is 6.44. The van der Waals surface area contributed by atoms with Crippen molar-refractivity contribution in [2.45, 2.75) is 57.6 Å². The quantitative estimate of drug-likeness (QED) is 0.351. The minimum absolute atomic E-state index is 0.123. The summed E-state index contributed by atoms with van der Waals surface area (Å²) in [6.45, 7) is 5.62. The molecule has 214 valence electrons. The van der Waals surface area contributed by atoms with E-state index in [9.17, 15) is 9.59 Å². The first-order chi connectivity index (χ1) is 19.3. The number of alkyl carbamates (subject to hydrolysis) is 1. The number of carbonyl (C=O) groups excluding carboxylic acids is 2. The predicted octanol–water partition coefficient (Wildman–Crippen LogP) is 2.15. The summed E-state index contributed by atoms with van der Waals surface area (Å²) >= 11 is 0. The molecule has 5 rings (SSSR count). The number of nitrogens with one attached hydrogen (secondary N) is 2. The number of hydrogen-bond donors (Lipinski definition) is 2. The highest BCUT2D eigenvalue weighted by molar-refractivity contribution is 5.82. The van der Waals surface area contributed by atoms with Crippen LogP contribution in [-0.4, -0.2) is 82.5 Å². The molecule has 14 heteroatoms. The normalized spacial score (nSPS) is 23.0. The van der Waals surface area contributed by atoms with Crippen molar-refractivity contribution in [2.75, 3.05) is 32.2 Å². The number of aromatic nitrogens is 4. The smallest absolute Gasteiger partial charge is 0.407 e. The van der Waals surface area contributed by atoms with Crippen molar-refractivity contribution in [1.82, 2.24) is 24.8 Å². The second-order valence-corrected chi connectivity index (χ2v) is 9.63. The van der Waals surface area contributed by atoms with Gasteiger partial charge in [-0.2, -0.15) is 0 Å². The fraction of sp³-hybridized carbons (Fsp3) is 0.500. The number of amides is 1. The Morgan fingerprint density at radius 3 is 2.60 bits per heavy atom. The Bertz CT molecular complexity index is 1350. The molecule has 14 nitrogen and oxygen atoms in total. The molecule has 2 aromatic heterocycles. The second kappa shape index (κ2) is 11.6. The Morgan fingerprint density at radius 1 is 1.07 bits per heavy atom. The molecule has 2 aliphatic heterocycles. The van der Waals surface area contributed by atoms with Crippen molar-refractivity contribution in [1.29, 1.82) is 0 Å². The van der Waals surface area contributed by atoms with Crippen LogP contribution in [0.15, 0.2) is 36.9 Å². The highest BCUT2D eigenvalue weighted by Gasteiger charge is 2.56. The summed E-state index contributed by atoms with van der Waals surface area (Å²) in [5.41, 5.74) is 2.15. The molecule has 1 unspecified atom stereocenters. The van der Waals surface area contributed by atoms with Crippen LogP contribution < -0.4 is 15.4 Å². The molecule has 2 aliphatic rings. The molecule has 1 amide bonds. The zero-order valence-electron chi connectivity index (χ0n) is 22.7. The summed E-state index contributed by atoms with van der Waals surface area (Å²) in [4.78, 5) is 37.0. The summed E-state index contributed by atoms with van der Waals surface area (Å²) in [6, 6.07) is 7.72. The Labute approximate surface area is 230 Å². The summed E-state index contributed by atoms with van der Waals surface area (Å²) in [5, 5.41) is 5.67. The fourth-order valence-corrected chi connectivity index (χ4v) is 4.68. The third-order valence-electron chi connectivity index (χ3n) is 6.44. The minimum Gasteiger partial charge on any atom is -0.497 e. The average Bonchev–Trinajstić information content (AvgIpc) is 3.61. The molecule has 4 atom stereocenters. The highest BCUT2D eigenvalue weighted by Crippen LogP contribution is 2.44. The molecule has 2 N–H and O–H groups in total. The summed E-state index contributed by atoms with van der Waals surface area (Å²) < 4.78 is 35.6. The number of hydrogen-bond acceptors (Lipinski definition) is 12. The maximum atomic E-state index is 12.1.